The van der Waals surface area contributed by atoms with Crippen LogP contribution in [0.4, 0.5) is 0 Å². The molecule has 0 fully saturated rings. The first-order valence-electron chi connectivity index (χ1n) is 14.7. The first-order chi connectivity index (χ1) is 21.8. The second-order valence-corrected chi connectivity index (χ2v) is 10.9. The molecule has 9 aromatic rings. The summed E-state index contributed by atoms with van der Waals surface area (Å²) in [6.07, 6.45) is 0. The number of benzene rings is 6. The van der Waals surface area contributed by atoms with Gasteiger partial charge in [-0.25, -0.2) is 9.97 Å². The molecule has 4 nitrogen and oxygen atoms in total. The van der Waals surface area contributed by atoms with Gasteiger partial charge in [0, 0.05) is 32.7 Å². The summed E-state index contributed by atoms with van der Waals surface area (Å²) in [7, 11) is 0. The molecule has 9 rings (SSSR count). The molecule has 44 heavy (non-hydrogen) atoms. The van der Waals surface area contributed by atoms with Crippen LogP contribution in [0.25, 0.3) is 88.9 Å². The third-order valence-electron chi connectivity index (χ3n) is 8.34. The van der Waals surface area contributed by atoms with Gasteiger partial charge in [0.15, 0.2) is 5.82 Å². The van der Waals surface area contributed by atoms with Crippen LogP contribution in [0.15, 0.2) is 154 Å². The summed E-state index contributed by atoms with van der Waals surface area (Å²) in [6.45, 7) is 0. The molecule has 0 radical (unpaired) electrons. The predicted molar refractivity (Wildman–Crippen MR) is 178 cm³/mol. The van der Waals surface area contributed by atoms with E-state index in [2.05, 4.69) is 91.0 Å². The summed E-state index contributed by atoms with van der Waals surface area (Å²) in [5.41, 5.74) is 9.90. The van der Waals surface area contributed by atoms with Crippen LogP contribution < -0.4 is 0 Å². The fourth-order valence-electron chi connectivity index (χ4n) is 6.29. The quantitative estimate of drug-likeness (QED) is 0.213. The average Bonchev–Trinajstić information content (AvgIpc) is 3.67. The summed E-state index contributed by atoms with van der Waals surface area (Å²) in [5.74, 6) is 0.595. The van der Waals surface area contributed by atoms with Crippen molar-refractivity contribution in [1.82, 2.24) is 9.97 Å². The lowest BCUT2D eigenvalue weighted by Gasteiger charge is -2.13. The van der Waals surface area contributed by atoms with E-state index in [0.717, 1.165) is 83.1 Å². The molecule has 0 aliphatic heterocycles. The molecular formula is C40H24N2O2. The van der Waals surface area contributed by atoms with Crippen LogP contribution in [0.1, 0.15) is 0 Å². The minimum Gasteiger partial charge on any atom is -0.455 e. The number of rotatable bonds is 4. The average molecular weight is 565 g/mol. The summed E-state index contributed by atoms with van der Waals surface area (Å²) in [4.78, 5) is 10.4. The van der Waals surface area contributed by atoms with Gasteiger partial charge in [0.05, 0.1) is 17.0 Å². The SMILES string of the molecule is c1ccc(-c2ccccc2-c2cc(-c3cccc4c3oc3ccccc34)nc(-c3cccc4c3oc3ccccc34)n2)cc1. The summed E-state index contributed by atoms with van der Waals surface area (Å²) < 4.78 is 12.9. The van der Waals surface area contributed by atoms with E-state index in [9.17, 15) is 0 Å². The molecular weight excluding hydrogens is 540 g/mol. The molecule has 0 unspecified atom stereocenters. The highest BCUT2D eigenvalue weighted by Gasteiger charge is 2.20. The van der Waals surface area contributed by atoms with Crippen molar-refractivity contribution in [2.24, 2.45) is 0 Å². The number of furan rings is 2. The molecule has 4 heteroatoms. The van der Waals surface area contributed by atoms with Gasteiger partial charge in [-0.3, -0.25) is 0 Å². The molecule has 0 N–H and O–H groups in total. The minimum atomic E-state index is 0.595. The van der Waals surface area contributed by atoms with Gasteiger partial charge in [0.1, 0.15) is 22.3 Å². The highest BCUT2D eigenvalue weighted by Crippen LogP contribution is 2.40. The molecule has 0 spiro atoms. The van der Waals surface area contributed by atoms with E-state index in [1.54, 1.807) is 0 Å². The molecule has 3 heterocycles. The Morgan fingerprint density at radius 3 is 1.52 bits per heavy atom. The highest BCUT2D eigenvalue weighted by molar-refractivity contribution is 6.10. The lowest BCUT2D eigenvalue weighted by Crippen LogP contribution is -1.97. The van der Waals surface area contributed by atoms with Gasteiger partial charge >= 0.3 is 0 Å². The zero-order valence-electron chi connectivity index (χ0n) is 23.6. The van der Waals surface area contributed by atoms with Gasteiger partial charge in [-0.05, 0) is 41.5 Å². The Hall–Kier alpha value is -6.00. The molecule has 6 aromatic carbocycles. The van der Waals surface area contributed by atoms with Crippen LogP contribution in [0.2, 0.25) is 0 Å². The highest BCUT2D eigenvalue weighted by atomic mass is 16.3. The monoisotopic (exact) mass is 564 g/mol. The Bertz CT molecular complexity index is 2370. The number of hydrogen-bond acceptors (Lipinski definition) is 4. The van der Waals surface area contributed by atoms with Gasteiger partial charge in [0.25, 0.3) is 0 Å². The predicted octanol–water partition coefficient (Wildman–Crippen LogP) is 10.9. The van der Waals surface area contributed by atoms with Crippen molar-refractivity contribution in [2.75, 3.05) is 0 Å². The molecule has 3 aromatic heterocycles. The van der Waals surface area contributed by atoms with Gasteiger partial charge in [-0.1, -0.05) is 115 Å². The van der Waals surface area contributed by atoms with E-state index in [-0.39, 0.29) is 0 Å². The van der Waals surface area contributed by atoms with Crippen LogP contribution in [0, 0.1) is 0 Å². The van der Waals surface area contributed by atoms with Crippen LogP contribution in [-0.2, 0) is 0 Å². The van der Waals surface area contributed by atoms with Gasteiger partial charge in [-0.15, -0.1) is 0 Å². The summed E-state index contributed by atoms with van der Waals surface area (Å²) in [5, 5.41) is 4.25. The normalized spacial score (nSPS) is 11.6. The summed E-state index contributed by atoms with van der Waals surface area (Å²) >= 11 is 0. The van der Waals surface area contributed by atoms with Crippen molar-refractivity contribution in [1.29, 1.82) is 0 Å². The maximum Gasteiger partial charge on any atom is 0.164 e. The van der Waals surface area contributed by atoms with Crippen LogP contribution in [0.3, 0.4) is 0 Å². The van der Waals surface area contributed by atoms with Gasteiger partial charge in [-0.2, -0.15) is 0 Å². The fraction of sp³-hybridized carbons (Fsp3) is 0. The van der Waals surface area contributed by atoms with E-state index in [1.165, 1.54) is 0 Å². The van der Waals surface area contributed by atoms with Gasteiger partial charge < -0.3 is 8.83 Å². The number of aromatic nitrogens is 2. The Morgan fingerprint density at radius 1 is 0.364 bits per heavy atom. The van der Waals surface area contributed by atoms with Crippen molar-refractivity contribution < 1.29 is 8.83 Å². The fourth-order valence-corrected chi connectivity index (χ4v) is 6.29. The third-order valence-corrected chi connectivity index (χ3v) is 8.34. The van der Waals surface area contributed by atoms with Crippen molar-refractivity contribution in [3.8, 4) is 45.0 Å². The Labute approximate surface area is 252 Å². The zero-order chi connectivity index (χ0) is 29.0. The molecule has 0 atom stereocenters. The Morgan fingerprint density at radius 2 is 0.841 bits per heavy atom. The van der Waals surface area contributed by atoms with Crippen LogP contribution in [0.5, 0.6) is 0 Å². The summed E-state index contributed by atoms with van der Waals surface area (Å²) in [6, 6.07) is 49.6. The van der Waals surface area contributed by atoms with Gasteiger partial charge in [0.2, 0.25) is 0 Å². The van der Waals surface area contributed by atoms with Crippen molar-refractivity contribution in [2.45, 2.75) is 0 Å². The van der Waals surface area contributed by atoms with E-state index in [4.69, 9.17) is 18.8 Å². The molecule has 0 amide bonds. The maximum atomic E-state index is 6.45. The van der Waals surface area contributed by atoms with E-state index >= 15 is 0 Å². The van der Waals surface area contributed by atoms with Crippen molar-refractivity contribution >= 4 is 43.9 Å². The van der Waals surface area contributed by atoms with E-state index < -0.39 is 0 Å². The number of para-hydroxylation sites is 4. The smallest absolute Gasteiger partial charge is 0.164 e. The van der Waals surface area contributed by atoms with Crippen molar-refractivity contribution in [3.05, 3.63) is 146 Å². The zero-order valence-corrected chi connectivity index (χ0v) is 23.6. The standard InChI is InChI=1S/C40H24N2O2/c1-2-12-25(13-3-1)26-14-4-5-15-27(26)34-24-35(32-20-10-18-30-28-16-6-8-22-36(28)43-38(30)32)42-40(41-34)33-21-11-19-31-29-17-7-9-23-37(29)44-39(31)33/h1-24H. The first kappa shape index (κ1) is 24.6. The van der Waals surface area contributed by atoms with E-state index in [0.29, 0.717) is 5.82 Å². The van der Waals surface area contributed by atoms with Crippen molar-refractivity contribution in [3.63, 3.8) is 0 Å². The Balaban J connectivity index is 1.35. The Kier molecular flexibility index (Phi) is 5.47. The molecule has 206 valence electrons. The third kappa shape index (κ3) is 3.85. The van der Waals surface area contributed by atoms with E-state index in [1.807, 2.05) is 54.6 Å². The molecule has 0 saturated carbocycles. The number of fused-ring (bicyclic) bond motifs is 6. The molecule has 0 aliphatic rings. The maximum absolute atomic E-state index is 6.45. The number of nitrogens with zero attached hydrogens (tertiary/aromatic N) is 2. The minimum absolute atomic E-state index is 0.595. The second kappa shape index (κ2) is 9.79. The molecule has 0 saturated heterocycles. The molecule has 0 bridgehead atoms. The largest absolute Gasteiger partial charge is 0.455 e. The first-order valence-corrected chi connectivity index (χ1v) is 14.7. The molecule has 0 aliphatic carbocycles. The topological polar surface area (TPSA) is 52.1 Å². The number of hydrogen-bond donors (Lipinski definition) is 0. The van der Waals surface area contributed by atoms with Crippen LogP contribution in [-0.4, -0.2) is 9.97 Å². The van der Waals surface area contributed by atoms with Crippen LogP contribution >= 0.6 is 0 Å². The second-order valence-electron chi connectivity index (χ2n) is 10.9. The lowest BCUT2D eigenvalue weighted by molar-refractivity contribution is 0.669. The lowest BCUT2D eigenvalue weighted by atomic mass is 9.96.